The summed E-state index contributed by atoms with van der Waals surface area (Å²) in [6, 6.07) is 6.16. The van der Waals surface area contributed by atoms with Crippen LogP contribution in [-0.2, 0) is 4.79 Å². The summed E-state index contributed by atoms with van der Waals surface area (Å²) in [6.07, 6.45) is 1.69. The maximum absolute atomic E-state index is 11.6. The molecule has 74 valence electrons. The van der Waals surface area contributed by atoms with Crippen LogP contribution in [0.4, 0.5) is 5.69 Å². The molecule has 2 rings (SSSR count). The van der Waals surface area contributed by atoms with Crippen molar-refractivity contribution >= 4 is 11.6 Å². The topological polar surface area (TPSA) is 20.3 Å². The first-order valence-corrected chi connectivity index (χ1v) is 5.07. The molecule has 1 heterocycles. The third-order valence-electron chi connectivity index (χ3n) is 2.78. The average Bonchev–Trinajstić information content (AvgIpc) is 2.52. The number of hydrogen-bond donors (Lipinski definition) is 0. The largest absolute Gasteiger partial charge is 0.312 e. The van der Waals surface area contributed by atoms with E-state index >= 15 is 0 Å². The smallest absolute Gasteiger partial charge is 0.227 e. The fourth-order valence-electron chi connectivity index (χ4n) is 2.12. The summed E-state index contributed by atoms with van der Waals surface area (Å²) in [6.45, 7) is 5.01. The van der Waals surface area contributed by atoms with Gasteiger partial charge in [-0.15, -0.1) is 0 Å². The van der Waals surface area contributed by atoms with Crippen LogP contribution in [-0.4, -0.2) is 12.5 Å². The third kappa shape index (κ3) is 1.41. The standard InChI is InChI=1S/C12H15NO/c1-9-5-3-6-10(2)12(9)13-8-4-7-11(13)14/h3,5-6H,4,7-8H2,1-2H3. The van der Waals surface area contributed by atoms with Gasteiger partial charge in [0.15, 0.2) is 0 Å². The van der Waals surface area contributed by atoms with Gasteiger partial charge in [-0.05, 0) is 31.4 Å². The van der Waals surface area contributed by atoms with E-state index in [4.69, 9.17) is 0 Å². The Labute approximate surface area is 84.5 Å². The molecule has 2 nitrogen and oxygen atoms in total. The summed E-state index contributed by atoms with van der Waals surface area (Å²) in [4.78, 5) is 13.5. The molecule has 0 unspecified atom stereocenters. The molecule has 1 aliphatic rings. The Morgan fingerprint density at radius 1 is 1.21 bits per heavy atom. The summed E-state index contributed by atoms with van der Waals surface area (Å²) in [5.74, 6) is 0.266. The molecule has 0 aromatic heterocycles. The summed E-state index contributed by atoms with van der Waals surface area (Å²) in [5.41, 5.74) is 3.51. The molecule has 0 atom stereocenters. The van der Waals surface area contributed by atoms with Crippen molar-refractivity contribution in [3.05, 3.63) is 29.3 Å². The van der Waals surface area contributed by atoms with E-state index in [9.17, 15) is 4.79 Å². The fraction of sp³-hybridized carbons (Fsp3) is 0.417. The molecule has 1 fully saturated rings. The lowest BCUT2D eigenvalue weighted by molar-refractivity contribution is -0.117. The highest BCUT2D eigenvalue weighted by atomic mass is 16.2. The van der Waals surface area contributed by atoms with Crippen molar-refractivity contribution in [3.8, 4) is 0 Å². The Balaban J connectivity index is 2.44. The van der Waals surface area contributed by atoms with E-state index in [0.717, 1.165) is 18.7 Å². The van der Waals surface area contributed by atoms with Gasteiger partial charge in [-0.25, -0.2) is 0 Å². The average molecular weight is 189 g/mol. The number of carbonyl (C=O) groups is 1. The number of nitrogens with zero attached hydrogens (tertiary/aromatic N) is 1. The normalized spacial score (nSPS) is 16.4. The van der Waals surface area contributed by atoms with Crippen molar-refractivity contribution in [1.29, 1.82) is 0 Å². The van der Waals surface area contributed by atoms with E-state index < -0.39 is 0 Å². The first-order valence-electron chi connectivity index (χ1n) is 5.07. The summed E-state index contributed by atoms with van der Waals surface area (Å²) < 4.78 is 0. The minimum absolute atomic E-state index is 0.266. The number of aryl methyl sites for hydroxylation is 2. The molecular formula is C12H15NO. The summed E-state index contributed by atoms with van der Waals surface area (Å²) >= 11 is 0. The van der Waals surface area contributed by atoms with Crippen LogP contribution in [0.1, 0.15) is 24.0 Å². The minimum Gasteiger partial charge on any atom is -0.312 e. The molecule has 0 spiro atoms. The molecule has 0 radical (unpaired) electrons. The number of carbonyl (C=O) groups excluding carboxylic acids is 1. The van der Waals surface area contributed by atoms with E-state index in [2.05, 4.69) is 26.0 Å². The Morgan fingerprint density at radius 2 is 1.86 bits per heavy atom. The molecule has 1 amide bonds. The van der Waals surface area contributed by atoms with Gasteiger partial charge < -0.3 is 4.90 Å². The first-order chi connectivity index (χ1) is 6.70. The summed E-state index contributed by atoms with van der Waals surface area (Å²) in [7, 11) is 0. The molecule has 0 aliphatic carbocycles. The zero-order valence-corrected chi connectivity index (χ0v) is 8.71. The second-order valence-corrected chi connectivity index (χ2v) is 3.89. The third-order valence-corrected chi connectivity index (χ3v) is 2.78. The predicted molar refractivity (Wildman–Crippen MR) is 57.5 cm³/mol. The van der Waals surface area contributed by atoms with Crippen LogP contribution < -0.4 is 4.90 Å². The molecule has 2 heteroatoms. The van der Waals surface area contributed by atoms with Crippen LogP contribution in [0.15, 0.2) is 18.2 Å². The van der Waals surface area contributed by atoms with Gasteiger partial charge >= 0.3 is 0 Å². The van der Waals surface area contributed by atoms with Gasteiger partial charge in [0, 0.05) is 18.7 Å². The van der Waals surface area contributed by atoms with Crippen molar-refractivity contribution in [2.45, 2.75) is 26.7 Å². The van der Waals surface area contributed by atoms with Gasteiger partial charge in [-0.1, -0.05) is 18.2 Å². The van der Waals surface area contributed by atoms with Gasteiger partial charge in [0.1, 0.15) is 0 Å². The van der Waals surface area contributed by atoms with Crippen molar-refractivity contribution < 1.29 is 4.79 Å². The molecule has 14 heavy (non-hydrogen) atoms. The van der Waals surface area contributed by atoms with Crippen LogP contribution in [0, 0.1) is 13.8 Å². The number of anilines is 1. The lowest BCUT2D eigenvalue weighted by Gasteiger charge is -2.20. The Bertz CT molecular complexity index is 350. The van der Waals surface area contributed by atoms with Gasteiger partial charge in [0.2, 0.25) is 5.91 Å². The van der Waals surface area contributed by atoms with E-state index in [1.807, 2.05) is 11.0 Å². The van der Waals surface area contributed by atoms with Crippen LogP contribution in [0.3, 0.4) is 0 Å². The van der Waals surface area contributed by atoms with Crippen molar-refractivity contribution in [3.63, 3.8) is 0 Å². The SMILES string of the molecule is Cc1cccc(C)c1N1CCCC1=O. The second kappa shape index (κ2) is 3.45. The maximum atomic E-state index is 11.6. The molecule has 1 aromatic carbocycles. The highest BCUT2D eigenvalue weighted by Crippen LogP contribution is 2.28. The molecule has 0 bridgehead atoms. The lowest BCUT2D eigenvalue weighted by Crippen LogP contribution is -2.25. The van der Waals surface area contributed by atoms with E-state index in [0.29, 0.717) is 6.42 Å². The van der Waals surface area contributed by atoms with Gasteiger partial charge in [0.25, 0.3) is 0 Å². The zero-order valence-electron chi connectivity index (χ0n) is 8.71. The van der Waals surface area contributed by atoms with Gasteiger partial charge in [-0.3, -0.25) is 4.79 Å². The van der Waals surface area contributed by atoms with Gasteiger partial charge in [-0.2, -0.15) is 0 Å². The molecule has 0 saturated carbocycles. The Kier molecular flexibility index (Phi) is 2.28. The second-order valence-electron chi connectivity index (χ2n) is 3.89. The highest BCUT2D eigenvalue weighted by Gasteiger charge is 2.23. The first kappa shape index (κ1) is 9.25. The van der Waals surface area contributed by atoms with E-state index in [-0.39, 0.29) is 5.91 Å². The van der Waals surface area contributed by atoms with Crippen LogP contribution in [0.5, 0.6) is 0 Å². The van der Waals surface area contributed by atoms with E-state index in [1.165, 1.54) is 11.1 Å². The van der Waals surface area contributed by atoms with Crippen LogP contribution in [0.25, 0.3) is 0 Å². The quantitative estimate of drug-likeness (QED) is 0.664. The number of benzene rings is 1. The van der Waals surface area contributed by atoms with Crippen molar-refractivity contribution in [2.24, 2.45) is 0 Å². The molecule has 1 aromatic rings. The van der Waals surface area contributed by atoms with Crippen molar-refractivity contribution in [1.82, 2.24) is 0 Å². The number of hydrogen-bond acceptors (Lipinski definition) is 1. The molecule has 1 saturated heterocycles. The molecular weight excluding hydrogens is 174 g/mol. The predicted octanol–water partition coefficient (Wildman–Crippen LogP) is 2.43. The number of amides is 1. The van der Waals surface area contributed by atoms with Crippen LogP contribution >= 0.6 is 0 Å². The number of rotatable bonds is 1. The van der Waals surface area contributed by atoms with E-state index in [1.54, 1.807) is 0 Å². The maximum Gasteiger partial charge on any atom is 0.227 e. The van der Waals surface area contributed by atoms with Crippen LogP contribution in [0.2, 0.25) is 0 Å². The highest BCUT2D eigenvalue weighted by molar-refractivity contribution is 5.96. The van der Waals surface area contributed by atoms with Gasteiger partial charge in [0.05, 0.1) is 0 Å². The lowest BCUT2D eigenvalue weighted by atomic mass is 10.1. The fourth-order valence-corrected chi connectivity index (χ4v) is 2.12. The Hall–Kier alpha value is -1.31. The number of para-hydroxylation sites is 1. The van der Waals surface area contributed by atoms with Crippen molar-refractivity contribution in [2.75, 3.05) is 11.4 Å². The molecule has 0 N–H and O–H groups in total. The summed E-state index contributed by atoms with van der Waals surface area (Å²) in [5, 5.41) is 0. The minimum atomic E-state index is 0.266. The zero-order chi connectivity index (χ0) is 10.1. The Morgan fingerprint density at radius 3 is 2.36 bits per heavy atom. The monoisotopic (exact) mass is 189 g/mol. The molecule has 1 aliphatic heterocycles.